The summed E-state index contributed by atoms with van der Waals surface area (Å²) < 4.78 is 26.0. The lowest BCUT2D eigenvalue weighted by Crippen LogP contribution is -2.47. The van der Waals surface area contributed by atoms with Crippen molar-refractivity contribution in [1.29, 1.82) is 0 Å². The van der Waals surface area contributed by atoms with Gasteiger partial charge in [-0.3, -0.25) is 9.52 Å². The van der Waals surface area contributed by atoms with E-state index in [0.717, 1.165) is 12.8 Å². The van der Waals surface area contributed by atoms with Crippen molar-refractivity contribution in [3.8, 4) is 0 Å². The molecule has 0 bridgehead atoms. The van der Waals surface area contributed by atoms with Crippen molar-refractivity contribution in [1.82, 2.24) is 10.2 Å². The van der Waals surface area contributed by atoms with Crippen LogP contribution in [-0.4, -0.2) is 51.2 Å². The summed E-state index contributed by atoms with van der Waals surface area (Å²) in [7, 11) is -1.52. The topological polar surface area (TPSA) is 78.5 Å². The van der Waals surface area contributed by atoms with E-state index in [9.17, 15) is 13.2 Å². The lowest BCUT2D eigenvalue weighted by molar-refractivity contribution is 0.0699. The number of likely N-dealkylation sites (tertiary alicyclic amines) is 1. The van der Waals surface area contributed by atoms with Gasteiger partial charge in [-0.25, -0.2) is 8.42 Å². The number of anilines is 1. The zero-order valence-electron chi connectivity index (χ0n) is 13.0. The average Bonchev–Trinajstić information content (AvgIpc) is 2.54. The monoisotopic (exact) mass is 325 g/mol. The summed E-state index contributed by atoms with van der Waals surface area (Å²) in [5.74, 6) is -0.157. The highest BCUT2D eigenvalue weighted by molar-refractivity contribution is 7.92. The normalized spacial score (nSPS) is 19.0. The van der Waals surface area contributed by atoms with Crippen LogP contribution in [0.1, 0.15) is 30.1 Å². The van der Waals surface area contributed by atoms with Gasteiger partial charge in [-0.1, -0.05) is 12.1 Å². The van der Waals surface area contributed by atoms with Crippen LogP contribution in [0.3, 0.4) is 0 Å². The van der Waals surface area contributed by atoms with Crippen LogP contribution in [0.2, 0.25) is 0 Å². The van der Waals surface area contributed by atoms with Crippen LogP contribution in [0.25, 0.3) is 0 Å². The van der Waals surface area contributed by atoms with Crippen molar-refractivity contribution in [2.75, 3.05) is 30.6 Å². The van der Waals surface area contributed by atoms with Gasteiger partial charge in [0.15, 0.2) is 0 Å². The Bertz CT molecular complexity index is 631. The Kier molecular flexibility index (Phi) is 5.42. The number of amides is 1. The summed E-state index contributed by atoms with van der Waals surface area (Å²) in [5, 5.41) is 3.20. The molecular formula is C15H23N3O3S. The van der Waals surface area contributed by atoms with Gasteiger partial charge in [0.25, 0.3) is 5.91 Å². The van der Waals surface area contributed by atoms with E-state index in [2.05, 4.69) is 10.0 Å². The zero-order valence-corrected chi connectivity index (χ0v) is 13.8. The Labute approximate surface area is 131 Å². The maximum absolute atomic E-state index is 12.7. The van der Waals surface area contributed by atoms with Crippen LogP contribution in [0, 0.1) is 0 Å². The molecule has 1 saturated heterocycles. The molecule has 1 unspecified atom stereocenters. The van der Waals surface area contributed by atoms with Crippen LogP contribution in [0.5, 0.6) is 0 Å². The number of hydrogen-bond donors (Lipinski definition) is 2. The van der Waals surface area contributed by atoms with Gasteiger partial charge in [-0.15, -0.1) is 0 Å². The lowest BCUT2D eigenvalue weighted by atomic mass is 10.0. The molecule has 1 aliphatic heterocycles. The maximum Gasteiger partial charge on any atom is 0.256 e. The summed E-state index contributed by atoms with van der Waals surface area (Å²) in [5.41, 5.74) is 0.747. The van der Waals surface area contributed by atoms with Gasteiger partial charge >= 0.3 is 0 Å². The van der Waals surface area contributed by atoms with Gasteiger partial charge in [0.05, 0.1) is 17.0 Å². The number of sulfonamides is 1. The molecule has 1 aromatic carbocycles. The highest BCUT2D eigenvalue weighted by Gasteiger charge is 2.25. The minimum atomic E-state index is -3.41. The summed E-state index contributed by atoms with van der Waals surface area (Å²) in [6, 6.07) is 7.05. The van der Waals surface area contributed by atoms with E-state index in [1.807, 2.05) is 7.05 Å². The standard InChI is InChI=1S/C15H23N3O3S/c1-3-22(20,21)17-14-9-5-4-8-13(14)15(19)18-10-6-7-12(11-18)16-2/h4-5,8-9,12,16-17H,3,6-7,10-11H2,1-2H3. The molecule has 0 saturated carbocycles. The molecule has 1 atom stereocenters. The number of para-hydroxylation sites is 1. The molecule has 1 amide bonds. The van der Waals surface area contributed by atoms with E-state index < -0.39 is 10.0 Å². The molecule has 2 rings (SSSR count). The van der Waals surface area contributed by atoms with E-state index in [1.54, 1.807) is 36.1 Å². The predicted octanol–water partition coefficient (Wildman–Crippen LogP) is 1.27. The second-order valence-electron chi connectivity index (χ2n) is 5.43. The van der Waals surface area contributed by atoms with Gasteiger partial charge < -0.3 is 10.2 Å². The Balaban J connectivity index is 2.23. The van der Waals surface area contributed by atoms with E-state index in [0.29, 0.717) is 24.3 Å². The molecule has 0 aromatic heterocycles. The summed E-state index contributed by atoms with van der Waals surface area (Å²) in [4.78, 5) is 14.5. The van der Waals surface area contributed by atoms with Gasteiger partial charge in [0.2, 0.25) is 10.0 Å². The SMILES string of the molecule is CCS(=O)(=O)Nc1ccccc1C(=O)N1CCCC(NC)C1. The van der Waals surface area contributed by atoms with Gasteiger partial charge in [-0.05, 0) is 38.9 Å². The first-order valence-electron chi connectivity index (χ1n) is 7.53. The fraction of sp³-hybridized carbons (Fsp3) is 0.533. The fourth-order valence-corrected chi connectivity index (χ4v) is 3.22. The van der Waals surface area contributed by atoms with Crippen LogP contribution >= 0.6 is 0 Å². The van der Waals surface area contributed by atoms with Gasteiger partial charge in [-0.2, -0.15) is 0 Å². The molecule has 2 N–H and O–H groups in total. The number of nitrogens with one attached hydrogen (secondary N) is 2. The molecule has 0 radical (unpaired) electrons. The highest BCUT2D eigenvalue weighted by atomic mass is 32.2. The number of carbonyl (C=O) groups is 1. The van der Waals surface area contributed by atoms with Gasteiger partial charge in [0, 0.05) is 19.1 Å². The fourth-order valence-electron chi connectivity index (χ4n) is 2.57. The summed E-state index contributed by atoms with van der Waals surface area (Å²) >= 11 is 0. The quantitative estimate of drug-likeness (QED) is 0.854. The molecule has 7 heteroatoms. The van der Waals surface area contributed by atoms with Crippen LogP contribution in [0.15, 0.2) is 24.3 Å². The molecule has 122 valence electrons. The largest absolute Gasteiger partial charge is 0.337 e. The zero-order chi connectivity index (χ0) is 16.2. The van der Waals surface area contributed by atoms with E-state index in [1.165, 1.54) is 0 Å². The van der Waals surface area contributed by atoms with E-state index >= 15 is 0 Å². The molecule has 1 heterocycles. The van der Waals surface area contributed by atoms with Crippen molar-refractivity contribution in [3.05, 3.63) is 29.8 Å². The Hall–Kier alpha value is -1.60. The van der Waals surface area contributed by atoms with Crippen molar-refractivity contribution < 1.29 is 13.2 Å². The molecule has 22 heavy (non-hydrogen) atoms. The molecule has 6 nitrogen and oxygen atoms in total. The number of benzene rings is 1. The smallest absolute Gasteiger partial charge is 0.256 e. The number of piperidine rings is 1. The average molecular weight is 325 g/mol. The molecule has 0 spiro atoms. The van der Waals surface area contributed by atoms with E-state index in [-0.39, 0.29) is 17.7 Å². The maximum atomic E-state index is 12.7. The molecule has 1 aliphatic rings. The van der Waals surface area contributed by atoms with Crippen molar-refractivity contribution in [2.24, 2.45) is 0 Å². The lowest BCUT2D eigenvalue weighted by Gasteiger charge is -2.33. The van der Waals surface area contributed by atoms with Crippen LogP contribution in [-0.2, 0) is 10.0 Å². The minimum absolute atomic E-state index is 0.0267. The van der Waals surface area contributed by atoms with Crippen molar-refractivity contribution in [3.63, 3.8) is 0 Å². The predicted molar refractivity (Wildman–Crippen MR) is 87.5 cm³/mol. The third kappa shape index (κ3) is 3.98. The number of hydrogen-bond acceptors (Lipinski definition) is 4. The first-order chi connectivity index (χ1) is 10.5. The number of likely N-dealkylation sites (N-methyl/N-ethyl adjacent to an activating group) is 1. The molecule has 1 fully saturated rings. The van der Waals surface area contributed by atoms with E-state index in [4.69, 9.17) is 0 Å². The second-order valence-corrected chi connectivity index (χ2v) is 7.44. The molecule has 0 aliphatic carbocycles. The third-order valence-electron chi connectivity index (χ3n) is 3.92. The Morgan fingerprint density at radius 1 is 1.36 bits per heavy atom. The molecule has 1 aromatic rings. The second kappa shape index (κ2) is 7.11. The van der Waals surface area contributed by atoms with Crippen molar-refractivity contribution >= 4 is 21.6 Å². The summed E-state index contributed by atoms with van der Waals surface area (Å²) in [6.45, 7) is 2.91. The Morgan fingerprint density at radius 2 is 2.09 bits per heavy atom. The minimum Gasteiger partial charge on any atom is -0.337 e. The summed E-state index contributed by atoms with van der Waals surface area (Å²) in [6.07, 6.45) is 1.99. The first-order valence-corrected chi connectivity index (χ1v) is 9.18. The highest BCUT2D eigenvalue weighted by Crippen LogP contribution is 2.21. The van der Waals surface area contributed by atoms with Crippen LogP contribution < -0.4 is 10.0 Å². The Morgan fingerprint density at radius 3 is 2.77 bits per heavy atom. The third-order valence-corrected chi connectivity index (χ3v) is 5.21. The number of carbonyl (C=O) groups excluding carboxylic acids is 1. The van der Waals surface area contributed by atoms with Gasteiger partial charge in [0.1, 0.15) is 0 Å². The molecular weight excluding hydrogens is 302 g/mol. The number of rotatable bonds is 5. The van der Waals surface area contributed by atoms with Crippen LogP contribution in [0.4, 0.5) is 5.69 Å². The van der Waals surface area contributed by atoms with Crippen molar-refractivity contribution in [2.45, 2.75) is 25.8 Å². The number of nitrogens with zero attached hydrogens (tertiary/aromatic N) is 1. The first kappa shape index (κ1) is 16.8.